The van der Waals surface area contributed by atoms with Gasteiger partial charge in [-0.1, -0.05) is 41.1 Å². The van der Waals surface area contributed by atoms with E-state index >= 15 is 0 Å². The molecule has 4 aromatic rings. The van der Waals surface area contributed by atoms with E-state index in [9.17, 15) is 14.4 Å². The maximum absolute atomic E-state index is 13.5. The van der Waals surface area contributed by atoms with Crippen molar-refractivity contribution in [3.63, 3.8) is 0 Å². The molecule has 8 nitrogen and oxygen atoms in total. The molecule has 5 rings (SSSR count). The fourth-order valence-electron chi connectivity index (χ4n) is 4.94. The molecule has 9 heteroatoms. The fraction of sp³-hybridized carbons (Fsp3) is 0.226. The van der Waals surface area contributed by atoms with Crippen molar-refractivity contribution in [2.75, 3.05) is 20.2 Å². The van der Waals surface area contributed by atoms with Crippen LogP contribution in [-0.4, -0.2) is 46.5 Å². The van der Waals surface area contributed by atoms with Crippen LogP contribution in [0.4, 0.5) is 0 Å². The van der Waals surface area contributed by atoms with Crippen molar-refractivity contribution in [3.05, 3.63) is 116 Å². The Balaban J connectivity index is 1.40. The molecule has 2 aromatic heterocycles. The Morgan fingerprint density at radius 2 is 1.75 bits per heavy atom. The highest BCUT2D eigenvalue weighted by Gasteiger charge is 2.48. The van der Waals surface area contributed by atoms with E-state index < -0.39 is 5.54 Å². The molecule has 3 heterocycles. The Hall–Kier alpha value is -4.24. The molecule has 0 bridgehead atoms. The van der Waals surface area contributed by atoms with Gasteiger partial charge in [0, 0.05) is 28.8 Å². The third kappa shape index (κ3) is 5.29. The molecule has 1 fully saturated rings. The van der Waals surface area contributed by atoms with Crippen molar-refractivity contribution < 1.29 is 14.3 Å². The van der Waals surface area contributed by atoms with Crippen LogP contribution in [0.25, 0.3) is 11.3 Å². The molecule has 0 radical (unpaired) electrons. The molecule has 0 aliphatic carbocycles. The first-order valence-electron chi connectivity index (χ1n) is 12.9. The number of carbonyl (C=O) groups is 2. The van der Waals surface area contributed by atoms with Gasteiger partial charge in [0.05, 0.1) is 31.5 Å². The number of rotatable bonds is 7. The minimum Gasteiger partial charge on any atom is -0.497 e. The number of hydrogen-bond acceptors (Lipinski definition) is 5. The molecule has 40 heavy (non-hydrogen) atoms. The van der Waals surface area contributed by atoms with Gasteiger partial charge >= 0.3 is 0 Å². The van der Waals surface area contributed by atoms with Crippen LogP contribution in [0.2, 0.25) is 0 Å². The third-order valence-corrected chi connectivity index (χ3v) is 7.74. The number of benzene rings is 2. The van der Waals surface area contributed by atoms with Gasteiger partial charge in [-0.2, -0.15) is 0 Å². The van der Waals surface area contributed by atoms with E-state index in [0.29, 0.717) is 28.9 Å². The molecule has 1 saturated heterocycles. The summed E-state index contributed by atoms with van der Waals surface area (Å²) in [5.41, 5.74) is 2.83. The van der Waals surface area contributed by atoms with Crippen molar-refractivity contribution in [2.24, 2.45) is 7.05 Å². The van der Waals surface area contributed by atoms with Gasteiger partial charge in [-0.25, -0.2) is 4.98 Å². The highest BCUT2D eigenvalue weighted by molar-refractivity contribution is 9.10. The first kappa shape index (κ1) is 27.3. The second-order valence-electron chi connectivity index (χ2n) is 9.86. The fourth-order valence-corrected chi connectivity index (χ4v) is 5.20. The number of aromatic nitrogens is 2. The average Bonchev–Trinajstić information content (AvgIpc) is 2.96. The lowest BCUT2D eigenvalue weighted by molar-refractivity contribution is 0.0257. The standard InChI is InChI=1S/C31H29BrN4O4/c1-4-20-16-22(17-35(2)29(20)38)28(37)34-31(23-10-12-24(32)13-11-23)18-36(19-31)30(39)27-7-5-6-26(33-27)21-8-14-25(40-3)15-9-21/h5-17H,4,18-19H2,1-3H3,(H,34,37). The number of hydrogen-bond donors (Lipinski definition) is 1. The van der Waals surface area contributed by atoms with Crippen LogP contribution < -0.4 is 15.6 Å². The van der Waals surface area contributed by atoms with Gasteiger partial charge in [0.2, 0.25) is 0 Å². The van der Waals surface area contributed by atoms with Gasteiger partial charge in [-0.3, -0.25) is 14.4 Å². The summed E-state index contributed by atoms with van der Waals surface area (Å²) in [6.07, 6.45) is 2.07. The number of halogens is 1. The number of nitrogens with one attached hydrogen (secondary N) is 1. The van der Waals surface area contributed by atoms with Gasteiger partial charge in [0.25, 0.3) is 17.4 Å². The Kier molecular flexibility index (Phi) is 7.58. The zero-order valence-electron chi connectivity index (χ0n) is 22.5. The molecule has 1 aliphatic heterocycles. The number of likely N-dealkylation sites (tertiary alicyclic amines) is 1. The van der Waals surface area contributed by atoms with Crippen molar-refractivity contribution in [1.29, 1.82) is 0 Å². The number of methoxy groups -OCH3 is 1. The molecule has 0 saturated carbocycles. The monoisotopic (exact) mass is 600 g/mol. The predicted octanol–water partition coefficient (Wildman–Crippen LogP) is 4.56. The second-order valence-corrected chi connectivity index (χ2v) is 10.8. The second kappa shape index (κ2) is 11.1. The quantitative estimate of drug-likeness (QED) is 0.335. The number of amides is 2. The van der Waals surface area contributed by atoms with Crippen LogP contribution in [0, 0.1) is 0 Å². The molecule has 204 valence electrons. The van der Waals surface area contributed by atoms with E-state index in [-0.39, 0.29) is 30.5 Å². The van der Waals surface area contributed by atoms with Gasteiger partial charge in [0.1, 0.15) is 17.0 Å². The van der Waals surface area contributed by atoms with E-state index in [1.807, 2.05) is 67.6 Å². The smallest absolute Gasteiger partial charge is 0.272 e. The topological polar surface area (TPSA) is 93.5 Å². The van der Waals surface area contributed by atoms with Gasteiger partial charge < -0.3 is 19.5 Å². The highest BCUT2D eigenvalue weighted by atomic mass is 79.9. The maximum Gasteiger partial charge on any atom is 0.272 e. The molecule has 2 amide bonds. The number of nitrogens with zero attached hydrogens (tertiary/aromatic N) is 3. The lowest BCUT2D eigenvalue weighted by atomic mass is 9.81. The summed E-state index contributed by atoms with van der Waals surface area (Å²) in [4.78, 5) is 45.6. The minimum absolute atomic E-state index is 0.119. The van der Waals surface area contributed by atoms with E-state index in [4.69, 9.17) is 4.74 Å². The van der Waals surface area contributed by atoms with E-state index in [2.05, 4.69) is 26.2 Å². The first-order chi connectivity index (χ1) is 19.2. The molecule has 1 aliphatic rings. The van der Waals surface area contributed by atoms with Gasteiger partial charge in [0.15, 0.2) is 0 Å². The predicted molar refractivity (Wildman–Crippen MR) is 156 cm³/mol. The average molecular weight is 602 g/mol. The van der Waals surface area contributed by atoms with Crippen LogP contribution in [0.15, 0.2) is 88.3 Å². The zero-order chi connectivity index (χ0) is 28.4. The number of aryl methyl sites for hydroxylation is 2. The van der Waals surface area contributed by atoms with E-state index in [0.717, 1.165) is 21.3 Å². The van der Waals surface area contributed by atoms with Crippen molar-refractivity contribution >= 4 is 27.7 Å². The molecular formula is C31H29BrN4O4. The summed E-state index contributed by atoms with van der Waals surface area (Å²) in [5.74, 6) is 0.221. The summed E-state index contributed by atoms with van der Waals surface area (Å²) in [6.45, 7) is 2.44. The normalized spacial score (nSPS) is 13.8. The highest BCUT2D eigenvalue weighted by Crippen LogP contribution is 2.34. The maximum atomic E-state index is 13.5. The number of carbonyl (C=O) groups excluding carboxylic acids is 2. The summed E-state index contributed by atoms with van der Waals surface area (Å²) in [7, 11) is 3.25. The van der Waals surface area contributed by atoms with Gasteiger partial charge in [-0.15, -0.1) is 0 Å². The Labute approximate surface area is 240 Å². The van der Waals surface area contributed by atoms with Crippen LogP contribution in [-0.2, 0) is 19.0 Å². The van der Waals surface area contributed by atoms with Crippen LogP contribution >= 0.6 is 15.9 Å². The molecule has 0 unspecified atom stereocenters. The molecule has 2 aromatic carbocycles. The van der Waals surface area contributed by atoms with Crippen molar-refractivity contribution in [2.45, 2.75) is 18.9 Å². The minimum atomic E-state index is -0.790. The summed E-state index contributed by atoms with van der Waals surface area (Å²) in [6, 6.07) is 22.2. The Bertz CT molecular complexity index is 1620. The lowest BCUT2D eigenvalue weighted by Gasteiger charge is -2.50. The molecule has 0 atom stereocenters. The number of pyridine rings is 2. The largest absolute Gasteiger partial charge is 0.497 e. The lowest BCUT2D eigenvalue weighted by Crippen LogP contribution is -2.69. The Morgan fingerprint density at radius 3 is 2.40 bits per heavy atom. The molecule has 0 spiro atoms. The summed E-state index contributed by atoms with van der Waals surface area (Å²) in [5, 5.41) is 3.17. The first-order valence-corrected chi connectivity index (χ1v) is 13.7. The summed E-state index contributed by atoms with van der Waals surface area (Å²) < 4.78 is 7.57. The van der Waals surface area contributed by atoms with E-state index in [1.54, 1.807) is 37.4 Å². The summed E-state index contributed by atoms with van der Waals surface area (Å²) >= 11 is 3.47. The molecular weight excluding hydrogens is 572 g/mol. The third-order valence-electron chi connectivity index (χ3n) is 7.21. The number of ether oxygens (including phenoxy) is 1. The van der Waals surface area contributed by atoms with Crippen molar-refractivity contribution in [1.82, 2.24) is 19.8 Å². The van der Waals surface area contributed by atoms with Crippen molar-refractivity contribution in [3.8, 4) is 17.0 Å². The van der Waals surface area contributed by atoms with Gasteiger partial charge in [-0.05, 0) is 66.6 Å². The van der Waals surface area contributed by atoms with Crippen LogP contribution in [0.1, 0.15) is 38.9 Å². The van der Waals surface area contributed by atoms with E-state index in [1.165, 1.54) is 4.57 Å². The Morgan fingerprint density at radius 1 is 1.05 bits per heavy atom. The van der Waals surface area contributed by atoms with Crippen LogP contribution in [0.3, 0.4) is 0 Å². The zero-order valence-corrected chi connectivity index (χ0v) is 24.1. The SMILES string of the molecule is CCc1cc(C(=O)NC2(c3ccc(Br)cc3)CN(C(=O)c3cccc(-c4ccc(OC)cc4)n3)C2)cn(C)c1=O. The van der Waals surface area contributed by atoms with Crippen LogP contribution in [0.5, 0.6) is 5.75 Å². The molecule has 1 N–H and O–H groups in total.